The third-order valence-corrected chi connectivity index (χ3v) is 3.10. The van der Waals surface area contributed by atoms with Crippen LogP contribution in [0.3, 0.4) is 0 Å². The molecule has 2 rings (SSSR count). The van der Waals surface area contributed by atoms with E-state index in [4.69, 9.17) is 5.73 Å². The van der Waals surface area contributed by atoms with Crippen LogP contribution in [0, 0.1) is 11.6 Å². The van der Waals surface area contributed by atoms with Gasteiger partial charge in [0.1, 0.15) is 0 Å². The van der Waals surface area contributed by atoms with Gasteiger partial charge >= 0.3 is 0 Å². The maximum Gasteiger partial charge on any atom is 0.182 e. The van der Waals surface area contributed by atoms with Crippen molar-refractivity contribution in [1.29, 1.82) is 0 Å². The van der Waals surface area contributed by atoms with Gasteiger partial charge in [-0.1, -0.05) is 18.9 Å². The number of anilines is 1. The highest BCUT2D eigenvalue weighted by Gasteiger charge is 2.18. The van der Waals surface area contributed by atoms with Gasteiger partial charge in [-0.2, -0.15) is 0 Å². The van der Waals surface area contributed by atoms with E-state index in [0.29, 0.717) is 0 Å². The average molecular weight is 226 g/mol. The Morgan fingerprint density at radius 2 is 1.88 bits per heavy atom. The van der Waals surface area contributed by atoms with E-state index in [0.717, 1.165) is 25.7 Å². The molecule has 1 aromatic carbocycles. The van der Waals surface area contributed by atoms with Crippen molar-refractivity contribution < 1.29 is 8.78 Å². The fraction of sp³-hybridized carbons (Fsp3) is 0.500. The monoisotopic (exact) mass is 226 g/mol. The lowest BCUT2D eigenvalue weighted by molar-refractivity contribution is 0.500. The lowest BCUT2D eigenvalue weighted by atomic mass is 10.1. The second kappa shape index (κ2) is 4.78. The predicted octanol–water partition coefficient (Wildman–Crippen LogP) is 2.78. The van der Waals surface area contributed by atoms with E-state index in [9.17, 15) is 8.78 Å². The zero-order valence-electron chi connectivity index (χ0n) is 9.10. The van der Waals surface area contributed by atoms with Crippen LogP contribution >= 0.6 is 0 Å². The molecule has 0 aromatic heterocycles. The Labute approximate surface area is 93.8 Å². The standard InChI is InChI=1S/C12H16F2N2/c13-11-8(7-15)5-6-10(12(11)14)16-9-3-1-2-4-9/h5-6,9,16H,1-4,7,15H2. The van der Waals surface area contributed by atoms with Crippen LogP contribution in [0.2, 0.25) is 0 Å². The molecular formula is C12H16F2N2. The Hall–Kier alpha value is -1.16. The number of halogens is 2. The minimum absolute atomic E-state index is 0.0203. The van der Waals surface area contributed by atoms with Crippen molar-refractivity contribution in [2.24, 2.45) is 5.73 Å². The van der Waals surface area contributed by atoms with Gasteiger partial charge in [-0.25, -0.2) is 8.78 Å². The molecule has 0 amide bonds. The molecule has 0 aliphatic heterocycles. The van der Waals surface area contributed by atoms with Gasteiger partial charge in [0.05, 0.1) is 5.69 Å². The topological polar surface area (TPSA) is 38.0 Å². The second-order valence-electron chi connectivity index (χ2n) is 4.23. The number of nitrogens with one attached hydrogen (secondary N) is 1. The summed E-state index contributed by atoms with van der Waals surface area (Å²) < 4.78 is 27.1. The Kier molecular flexibility index (Phi) is 3.39. The van der Waals surface area contributed by atoms with Gasteiger partial charge in [0.25, 0.3) is 0 Å². The lowest BCUT2D eigenvalue weighted by Crippen LogP contribution is -2.16. The number of hydrogen-bond acceptors (Lipinski definition) is 2. The molecule has 1 aliphatic carbocycles. The van der Waals surface area contributed by atoms with Crippen LogP contribution < -0.4 is 11.1 Å². The van der Waals surface area contributed by atoms with E-state index in [-0.39, 0.29) is 23.8 Å². The first kappa shape index (κ1) is 11.3. The Morgan fingerprint density at radius 3 is 2.50 bits per heavy atom. The van der Waals surface area contributed by atoms with E-state index < -0.39 is 11.6 Å². The summed E-state index contributed by atoms with van der Waals surface area (Å²) in [4.78, 5) is 0. The molecule has 16 heavy (non-hydrogen) atoms. The maximum atomic E-state index is 13.6. The average Bonchev–Trinajstić information content (AvgIpc) is 2.78. The van der Waals surface area contributed by atoms with Crippen LogP contribution in [0.15, 0.2) is 12.1 Å². The van der Waals surface area contributed by atoms with E-state index >= 15 is 0 Å². The first-order valence-corrected chi connectivity index (χ1v) is 5.66. The Bertz CT molecular complexity index is 374. The SMILES string of the molecule is NCc1ccc(NC2CCCC2)c(F)c1F. The zero-order valence-corrected chi connectivity index (χ0v) is 9.10. The highest BCUT2D eigenvalue weighted by molar-refractivity contribution is 5.48. The van der Waals surface area contributed by atoms with Crippen LogP contribution in [0.25, 0.3) is 0 Å². The van der Waals surface area contributed by atoms with Crippen LogP contribution in [-0.2, 0) is 6.54 Å². The first-order chi connectivity index (χ1) is 7.72. The van der Waals surface area contributed by atoms with Crippen LogP contribution in [-0.4, -0.2) is 6.04 Å². The number of nitrogens with two attached hydrogens (primary N) is 1. The summed E-state index contributed by atoms with van der Waals surface area (Å²) in [5.41, 5.74) is 5.77. The first-order valence-electron chi connectivity index (χ1n) is 5.66. The molecule has 0 spiro atoms. The normalized spacial score (nSPS) is 16.7. The van der Waals surface area contributed by atoms with E-state index in [1.54, 1.807) is 6.07 Å². The number of rotatable bonds is 3. The molecule has 1 fully saturated rings. The van der Waals surface area contributed by atoms with Crippen molar-refractivity contribution in [3.63, 3.8) is 0 Å². The molecule has 0 unspecified atom stereocenters. The quantitative estimate of drug-likeness (QED) is 0.831. The van der Waals surface area contributed by atoms with E-state index in [1.807, 2.05) is 0 Å². The number of benzene rings is 1. The lowest BCUT2D eigenvalue weighted by Gasteiger charge is -2.15. The van der Waals surface area contributed by atoms with Gasteiger partial charge in [-0.05, 0) is 18.9 Å². The fourth-order valence-corrected chi connectivity index (χ4v) is 2.15. The molecule has 0 saturated heterocycles. The van der Waals surface area contributed by atoms with Crippen molar-refractivity contribution in [2.45, 2.75) is 38.3 Å². The van der Waals surface area contributed by atoms with E-state index in [1.165, 1.54) is 6.07 Å². The van der Waals surface area contributed by atoms with Crippen molar-refractivity contribution >= 4 is 5.69 Å². The third-order valence-electron chi connectivity index (χ3n) is 3.10. The summed E-state index contributed by atoms with van der Waals surface area (Å²) >= 11 is 0. The van der Waals surface area contributed by atoms with Crippen molar-refractivity contribution in [1.82, 2.24) is 0 Å². The molecule has 1 saturated carbocycles. The molecule has 3 N–H and O–H groups in total. The largest absolute Gasteiger partial charge is 0.380 e. The Morgan fingerprint density at radius 1 is 1.19 bits per heavy atom. The third kappa shape index (κ3) is 2.16. The van der Waals surface area contributed by atoms with Crippen molar-refractivity contribution in [3.8, 4) is 0 Å². The Balaban J connectivity index is 2.18. The van der Waals surface area contributed by atoms with Gasteiger partial charge in [0.15, 0.2) is 11.6 Å². The summed E-state index contributed by atoms with van der Waals surface area (Å²) in [7, 11) is 0. The predicted molar refractivity (Wildman–Crippen MR) is 60.1 cm³/mol. The molecule has 4 heteroatoms. The molecule has 0 bridgehead atoms. The molecule has 88 valence electrons. The summed E-state index contributed by atoms with van der Waals surface area (Å²) in [6.07, 6.45) is 4.37. The molecule has 2 nitrogen and oxygen atoms in total. The van der Waals surface area contributed by atoms with Gasteiger partial charge < -0.3 is 11.1 Å². The van der Waals surface area contributed by atoms with Crippen molar-refractivity contribution in [2.75, 3.05) is 5.32 Å². The van der Waals surface area contributed by atoms with Gasteiger partial charge in [0.2, 0.25) is 0 Å². The van der Waals surface area contributed by atoms with Crippen LogP contribution in [0.5, 0.6) is 0 Å². The highest BCUT2D eigenvalue weighted by atomic mass is 19.2. The number of hydrogen-bond donors (Lipinski definition) is 2. The second-order valence-corrected chi connectivity index (χ2v) is 4.23. The smallest absolute Gasteiger partial charge is 0.182 e. The van der Waals surface area contributed by atoms with Crippen LogP contribution in [0.1, 0.15) is 31.2 Å². The summed E-state index contributed by atoms with van der Waals surface area (Å²) in [6.45, 7) is 0.0203. The summed E-state index contributed by atoms with van der Waals surface area (Å²) in [5, 5.41) is 3.05. The molecule has 0 heterocycles. The zero-order chi connectivity index (χ0) is 11.5. The van der Waals surface area contributed by atoms with Gasteiger partial charge in [-0.15, -0.1) is 0 Å². The molecule has 0 radical (unpaired) electrons. The molecule has 1 aliphatic rings. The van der Waals surface area contributed by atoms with E-state index in [2.05, 4.69) is 5.32 Å². The highest BCUT2D eigenvalue weighted by Crippen LogP contribution is 2.26. The van der Waals surface area contributed by atoms with Crippen LogP contribution in [0.4, 0.5) is 14.5 Å². The maximum absolute atomic E-state index is 13.6. The molecule has 0 atom stereocenters. The summed E-state index contributed by atoms with van der Waals surface area (Å²) in [5.74, 6) is -1.64. The molecular weight excluding hydrogens is 210 g/mol. The minimum Gasteiger partial charge on any atom is -0.380 e. The fourth-order valence-electron chi connectivity index (χ4n) is 2.15. The minimum atomic E-state index is -0.828. The van der Waals surface area contributed by atoms with Gasteiger partial charge in [-0.3, -0.25) is 0 Å². The van der Waals surface area contributed by atoms with Crippen molar-refractivity contribution in [3.05, 3.63) is 29.3 Å². The molecule has 1 aromatic rings. The van der Waals surface area contributed by atoms with Gasteiger partial charge in [0, 0.05) is 18.2 Å². The summed E-state index contributed by atoms with van der Waals surface area (Å²) in [6, 6.07) is 3.38.